The number of amides is 2. The molecule has 2 N–H and O–H groups in total. The highest BCUT2D eigenvalue weighted by molar-refractivity contribution is 7.17. The zero-order chi connectivity index (χ0) is 24.6. The van der Waals surface area contributed by atoms with Crippen molar-refractivity contribution in [2.24, 2.45) is 0 Å². The van der Waals surface area contributed by atoms with E-state index in [2.05, 4.69) is 49.6 Å². The van der Waals surface area contributed by atoms with E-state index in [4.69, 9.17) is 4.42 Å². The summed E-state index contributed by atoms with van der Waals surface area (Å²) in [6, 6.07) is 3.87. The Morgan fingerprint density at radius 3 is 2.69 bits per heavy atom. The minimum atomic E-state index is -0.213. The van der Waals surface area contributed by atoms with Crippen molar-refractivity contribution in [3.8, 4) is 16.5 Å². The SMILES string of the molecule is CCN1CCc2c(sc(-n3cccc3)c2CNC(=O)Nc2sc3c(c2-c2nnc(C)o2)CCCC3)C1. The van der Waals surface area contributed by atoms with Crippen molar-refractivity contribution in [3.63, 3.8) is 0 Å². The number of likely N-dealkylation sites (N-methyl/N-ethyl adjacent to an activating group) is 1. The quantitative estimate of drug-likeness (QED) is 0.347. The first-order valence-corrected chi connectivity index (χ1v) is 14.2. The standard InChI is InChI=1S/C26H30N6O2S2/c1-3-31-13-10-17-19(25(36-21(17)15-31)32-11-6-7-12-32)14-27-26(33)28-24-22(23-30-29-16(2)34-23)18-8-4-5-9-20(18)35-24/h6-7,11-12H,3-5,8-10,13-15H2,1-2H3,(H2,27,28,33). The van der Waals surface area contributed by atoms with Crippen LogP contribution in [0.1, 0.15) is 52.1 Å². The number of carbonyl (C=O) groups excluding carboxylic acids is 1. The van der Waals surface area contributed by atoms with E-state index in [1.807, 2.05) is 23.5 Å². The fourth-order valence-corrected chi connectivity index (χ4v) is 7.88. The van der Waals surface area contributed by atoms with Crippen LogP contribution >= 0.6 is 22.7 Å². The molecule has 36 heavy (non-hydrogen) atoms. The van der Waals surface area contributed by atoms with Crippen LogP contribution in [0.2, 0.25) is 0 Å². The number of nitrogens with zero attached hydrogens (tertiary/aromatic N) is 4. The lowest BCUT2D eigenvalue weighted by molar-refractivity contribution is 0.251. The predicted molar refractivity (Wildman–Crippen MR) is 143 cm³/mol. The molecule has 10 heteroatoms. The molecule has 0 bridgehead atoms. The van der Waals surface area contributed by atoms with Crippen LogP contribution in [0.3, 0.4) is 0 Å². The van der Waals surface area contributed by atoms with Gasteiger partial charge in [-0.3, -0.25) is 10.2 Å². The average Bonchev–Trinajstić information content (AvgIpc) is 3.67. The Balaban J connectivity index is 1.25. The van der Waals surface area contributed by atoms with Crippen LogP contribution < -0.4 is 10.6 Å². The van der Waals surface area contributed by atoms with Gasteiger partial charge >= 0.3 is 6.03 Å². The van der Waals surface area contributed by atoms with Gasteiger partial charge in [-0.2, -0.15) is 0 Å². The van der Waals surface area contributed by atoms with Crippen molar-refractivity contribution >= 4 is 33.7 Å². The highest BCUT2D eigenvalue weighted by Gasteiger charge is 2.27. The smallest absolute Gasteiger partial charge is 0.320 e. The van der Waals surface area contributed by atoms with Gasteiger partial charge in [-0.1, -0.05) is 6.92 Å². The highest BCUT2D eigenvalue weighted by Crippen LogP contribution is 2.44. The lowest BCUT2D eigenvalue weighted by Crippen LogP contribution is -2.31. The second-order valence-corrected chi connectivity index (χ2v) is 11.5. The molecule has 0 saturated heterocycles. The molecule has 2 amide bonds. The molecule has 4 aromatic rings. The Morgan fingerprint density at radius 1 is 1.08 bits per heavy atom. The first-order chi connectivity index (χ1) is 17.6. The van der Waals surface area contributed by atoms with Gasteiger partial charge in [0, 0.05) is 54.3 Å². The Kier molecular flexibility index (Phi) is 6.41. The summed E-state index contributed by atoms with van der Waals surface area (Å²) >= 11 is 3.48. The maximum absolute atomic E-state index is 13.2. The number of anilines is 1. The molecule has 2 aliphatic rings. The summed E-state index contributed by atoms with van der Waals surface area (Å²) in [4.78, 5) is 18.4. The largest absolute Gasteiger partial charge is 0.421 e. The first kappa shape index (κ1) is 23.4. The molecule has 4 aromatic heterocycles. The third kappa shape index (κ3) is 4.38. The van der Waals surface area contributed by atoms with Crippen molar-refractivity contribution < 1.29 is 9.21 Å². The van der Waals surface area contributed by atoms with Crippen LogP contribution in [0, 0.1) is 6.92 Å². The van der Waals surface area contributed by atoms with Crippen LogP contribution in [-0.2, 0) is 32.4 Å². The minimum absolute atomic E-state index is 0.213. The van der Waals surface area contributed by atoms with Gasteiger partial charge in [-0.25, -0.2) is 4.79 Å². The van der Waals surface area contributed by atoms with E-state index in [1.165, 1.54) is 37.9 Å². The molecular formula is C26H30N6O2S2. The van der Waals surface area contributed by atoms with Crippen LogP contribution in [0.5, 0.6) is 0 Å². The second-order valence-electron chi connectivity index (χ2n) is 9.35. The maximum Gasteiger partial charge on any atom is 0.320 e. The van der Waals surface area contributed by atoms with Gasteiger partial charge in [-0.15, -0.1) is 32.9 Å². The van der Waals surface area contributed by atoms with E-state index < -0.39 is 0 Å². The van der Waals surface area contributed by atoms with Gasteiger partial charge in [0.2, 0.25) is 5.89 Å². The zero-order valence-corrected chi connectivity index (χ0v) is 22.2. The molecule has 0 spiro atoms. The molecule has 188 valence electrons. The van der Waals surface area contributed by atoms with Crippen molar-refractivity contribution in [2.45, 2.75) is 59.0 Å². The normalized spacial score (nSPS) is 15.5. The highest BCUT2D eigenvalue weighted by atomic mass is 32.1. The molecule has 5 heterocycles. The molecule has 0 saturated carbocycles. The lowest BCUT2D eigenvalue weighted by atomic mass is 9.95. The van der Waals surface area contributed by atoms with Crippen LogP contribution in [-0.4, -0.2) is 38.8 Å². The van der Waals surface area contributed by atoms with Gasteiger partial charge < -0.3 is 14.3 Å². The molecule has 8 nitrogen and oxygen atoms in total. The third-order valence-electron chi connectivity index (χ3n) is 7.07. The fourth-order valence-electron chi connectivity index (χ4n) is 5.23. The number of aryl methyl sites for hydroxylation is 2. The summed E-state index contributed by atoms with van der Waals surface area (Å²) in [5.41, 5.74) is 4.75. The summed E-state index contributed by atoms with van der Waals surface area (Å²) in [6.07, 6.45) is 9.47. The third-order valence-corrected chi connectivity index (χ3v) is 9.55. The van der Waals surface area contributed by atoms with Gasteiger partial charge in [0.05, 0.1) is 5.56 Å². The summed E-state index contributed by atoms with van der Waals surface area (Å²) < 4.78 is 7.94. The monoisotopic (exact) mass is 522 g/mol. The number of hydrogen-bond donors (Lipinski definition) is 2. The molecule has 1 aliphatic heterocycles. The summed E-state index contributed by atoms with van der Waals surface area (Å²) in [6.45, 7) is 7.57. The predicted octanol–water partition coefficient (Wildman–Crippen LogP) is 5.54. The Bertz CT molecular complexity index is 1380. The molecular weight excluding hydrogens is 492 g/mol. The molecule has 0 atom stereocenters. The fraction of sp³-hybridized carbons (Fsp3) is 0.423. The van der Waals surface area contributed by atoms with Crippen LogP contribution in [0.4, 0.5) is 9.80 Å². The molecule has 0 fully saturated rings. The average molecular weight is 523 g/mol. The minimum Gasteiger partial charge on any atom is -0.421 e. The van der Waals surface area contributed by atoms with E-state index >= 15 is 0 Å². The maximum atomic E-state index is 13.2. The number of nitrogens with one attached hydrogen (secondary N) is 2. The van der Waals surface area contributed by atoms with E-state index in [-0.39, 0.29) is 6.03 Å². The zero-order valence-electron chi connectivity index (χ0n) is 20.6. The van der Waals surface area contributed by atoms with Crippen molar-refractivity contribution in [3.05, 3.63) is 56.9 Å². The Hall–Kier alpha value is -2.95. The van der Waals surface area contributed by atoms with Crippen LogP contribution in [0.25, 0.3) is 16.5 Å². The topological polar surface area (TPSA) is 88.2 Å². The molecule has 1 aliphatic carbocycles. The van der Waals surface area contributed by atoms with Gasteiger partial charge in [0.15, 0.2) is 0 Å². The van der Waals surface area contributed by atoms with Crippen molar-refractivity contribution in [1.29, 1.82) is 0 Å². The summed E-state index contributed by atoms with van der Waals surface area (Å²) in [5, 5.41) is 16.5. The van der Waals surface area contributed by atoms with E-state index in [0.717, 1.165) is 55.9 Å². The Morgan fingerprint density at radius 2 is 1.92 bits per heavy atom. The van der Waals surface area contributed by atoms with E-state index in [1.54, 1.807) is 18.3 Å². The van der Waals surface area contributed by atoms with Gasteiger partial charge in [0.25, 0.3) is 5.89 Å². The molecule has 0 unspecified atom stereocenters. The summed E-state index contributed by atoms with van der Waals surface area (Å²) in [5.74, 6) is 1.02. The van der Waals surface area contributed by atoms with Crippen molar-refractivity contribution in [1.82, 2.24) is 25.0 Å². The second kappa shape index (κ2) is 9.84. The number of rotatable bonds is 6. The number of fused-ring (bicyclic) bond motifs is 2. The van der Waals surface area contributed by atoms with Gasteiger partial charge in [0.1, 0.15) is 10.0 Å². The van der Waals surface area contributed by atoms with E-state index in [0.29, 0.717) is 18.3 Å². The van der Waals surface area contributed by atoms with Crippen molar-refractivity contribution in [2.75, 3.05) is 18.4 Å². The number of carbonyl (C=O) groups is 1. The van der Waals surface area contributed by atoms with Crippen LogP contribution in [0.15, 0.2) is 28.9 Å². The Labute approximate surface area is 218 Å². The summed E-state index contributed by atoms with van der Waals surface area (Å²) in [7, 11) is 0. The molecule has 0 radical (unpaired) electrons. The number of aromatic nitrogens is 3. The number of urea groups is 1. The number of thiophene rings is 2. The van der Waals surface area contributed by atoms with E-state index in [9.17, 15) is 4.79 Å². The molecule has 6 rings (SSSR count). The first-order valence-electron chi connectivity index (χ1n) is 12.6. The number of hydrogen-bond acceptors (Lipinski definition) is 7. The molecule has 0 aromatic carbocycles. The lowest BCUT2D eigenvalue weighted by Gasteiger charge is -2.25. The van der Waals surface area contributed by atoms with Gasteiger partial charge in [-0.05, 0) is 61.9 Å².